The van der Waals surface area contributed by atoms with E-state index in [0.717, 1.165) is 22.9 Å². The van der Waals surface area contributed by atoms with Crippen LogP contribution in [0.5, 0.6) is 0 Å². The van der Waals surface area contributed by atoms with Gasteiger partial charge in [0.1, 0.15) is 12.1 Å². The number of fused-ring (bicyclic) bond motifs is 1. The average molecular weight is 375 g/mol. The SMILES string of the molecule is Cc1ccc(-c2cc(C(=O)N[C@H](C)c3ccc(F)cn3)cn3cnnc23)cc1. The Hall–Kier alpha value is -3.61. The Morgan fingerprint density at radius 2 is 1.96 bits per heavy atom. The largest absolute Gasteiger partial charge is 0.344 e. The lowest BCUT2D eigenvalue weighted by molar-refractivity contribution is 0.0938. The van der Waals surface area contributed by atoms with Gasteiger partial charge in [0.2, 0.25) is 0 Å². The van der Waals surface area contributed by atoms with Gasteiger partial charge < -0.3 is 5.32 Å². The summed E-state index contributed by atoms with van der Waals surface area (Å²) in [6.45, 7) is 3.82. The third kappa shape index (κ3) is 3.46. The molecule has 0 saturated heterocycles. The third-order valence-corrected chi connectivity index (χ3v) is 4.56. The molecule has 0 aliphatic heterocycles. The smallest absolute Gasteiger partial charge is 0.253 e. The zero-order valence-electron chi connectivity index (χ0n) is 15.4. The highest BCUT2D eigenvalue weighted by molar-refractivity contribution is 5.96. The molecule has 0 fully saturated rings. The molecule has 7 heteroatoms. The molecule has 0 saturated carbocycles. The summed E-state index contributed by atoms with van der Waals surface area (Å²) in [5.41, 5.74) is 4.64. The summed E-state index contributed by atoms with van der Waals surface area (Å²) in [5, 5.41) is 11.0. The molecule has 1 atom stereocenters. The number of carbonyl (C=O) groups excluding carboxylic acids is 1. The molecule has 4 aromatic rings. The molecule has 1 aromatic carbocycles. The first-order chi connectivity index (χ1) is 13.5. The summed E-state index contributed by atoms with van der Waals surface area (Å²) in [5.74, 6) is -0.675. The highest BCUT2D eigenvalue weighted by atomic mass is 19.1. The van der Waals surface area contributed by atoms with Crippen molar-refractivity contribution in [2.24, 2.45) is 0 Å². The molecule has 28 heavy (non-hydrogen) atoms. The Labute approximate surface area is 161 Å². The average Bonchev–Trinajstić information content (AvgIpc) is 3.17. The maximum absolute atomic E-state index is 13.1. The van der Waals surface area contributed by atoms with Crippen molar-refractivity contribution in [3.8, 4) is 11.1 Å². The molecule has 4 rings (SSSR count). The molecule has 0 aliphatic rings. The van der Waals surface area contributed by atoms with E-state index in [-0.39, 0.29) is 11.9 Å². The second kappa shape index (κ2) is 7.19. The predicted octanol–water partition coefficient (Wildman–Crippen LogP) is 3.73. The number of amides is 1. The van der Waals surface area contributed by atoms with E-state index in [1.165, 1.54) is 6.07 Å². The van der Waals surface area contributed by atoms with Crippen molar-refractivity contribution in [1.29, 1.82) is 0 Å². The van der Waals surface area contributed by atoms with Gasteiger partial charge in [0, 0.05) is 11.8 Å². The molecule has 3 aromatic heterocycles. The van der Waals surface area contributed by atoms with Gasteiger partial charge in [-0.05, 0) is 37.6 Å². The number of carbonyl (C=O) groups is 1. The standard InChI is InChI=1S/C21H18FN5O/c1-13-3-5-15(6-4-13)18-9-16(11-27-12-24-26-20(18)27)21(28)25-14(2)19-8-7-17(22)10-23-19/h3-12,14H,1-2H3,(H,25,28)/t14-/m1/s1. The molecule has 6 nitrogen and oxygen atoms in total. The molecule has 140 valence electrons. The second-order valence-electron chi connectivity index (χ2n) is 6.67. The summed E-state index contributed by atoms with van der Waals surface area (Å²) in [4.78, 5) is 16.9. The lowest BCUT2D eigenvalue weighted by atomic mass is 10.0. The number of nitrogens with zero attached hydrogens (tertiary/aromatic N) is 4. The van der Waals surface area contributed by atoms with Crippen LogP contribution in [0.25, 0.3) is 16.8 Å². The summed E-state index contributed by atoms with van der Waals surface area (Å²) >= 11 is 0. The van der Waals surface area contributed by atoms with E-state index >= 15 is 0 Å². The molecule has 0 bridgehead atoms. The number of hydrogen-bond acceptors (Lipinski definition) is 4. The molecule has 1 N–H and O–H groups in total. The molecule has 3 heterocycles. The van der Waals surface area contributed by atoms with E-state index in [9.17, 15) is 9.18 Å². The van der Waals surface area contributed by atoms with Crippen molar-refractivity contribution in [3.63, 3.8) is 0 Å². The van der Waals surface area contributed by atoms with Crippen LogP contribution in [0.3, 0.4) is 0 Å². The van der Waals surface area contributed by atoms with Gasteiger partial charge >= 0.3 is 0 Å². The van der Waals surface area contributed by atoms with E-state index in [0.29, 0.717) is 16.9 Å². The molecule has 0 radical (unpaired) electrons. The van der Waals surface area contributed by atoms with Gasteiger partial charge in [-0.15, -0.1) is 10.2 Å². The minimum atomic E-state index is -0.414. The van der Waals surface area contributed by atoms with E-state index in [2.05, 4.69) is 20.5 Å². The minimum absolute atomic E-state index is 0.261. The fourth-order valence-corrected chi connectivity index (χ4v) is 3.00. The van der Waals surface area contributed by atoms with Crippen LogP contribution in [0.1, 0.15) is 34.6 Å². The number of nitrogens with one attached hydrogen (secondary N) is 1. The highest BCUT2D eigenvalue weighted by Gasteiger charge is 2.16. The third-order valence-electron chi connectivity index (χ3n) is 4.56. The lowest BCUT2D eigenvalue weighted by Gasteiger charge is -2.14. The topological polar surface area (TPSA) is 72.2 Å². The van der Waals surface area contributed by atoms with Gasteiger partial charge in [-0.1, -0.05) is 29.8 Å². The van der Waals surface area contributed by atoms with E-state index in [1.54, 1.807) is 36.0 Å². The Morgan fingerprint density at radius 1 is 1.18 bits per heavy atom. The van der Waals surface area contributed by atoms with Crippen LogP contribution in [-0.4, -0.2) is 25.5 Å². The van der Waals surface area contributed by atoms with Crippen LogP contribution in [0.15, 0.2) is 61.2 Å². The van der Waals surface area contributed by atoms with Crippen molar-refractivity contribution < 1.29 is 9.18 Å². The fraction of sp³-hybridized carbons (Fsp3) is 0.143. The summed E-state index contributed by atoms with van der Waals surface area (Å²) in [7, 11) is 0. The van der Waals surface area contributed by atoms with E-state index in [1.807, 2.05) is 31.2 Å². The monoisotopic (exact) mass is 375 g/mol. The molecular formula is C21H18FN5O. The molecule has 0 spiro atoms. The minimum Gasteiger partial charge on any atom is -0.344 e. The quantitative estimate of drug-likeness (QED) is 0.590. The van der Waals surface area contributed by atoms with Crippen LogP contribution < -0.4 is 5.32 Å². The maximum Gasteiger partial charge on any atom is 0.253 e. The van der Waals surface area contributed by atoms with Crippen molar-refractivity contribution >= 4 is 11.6 Å². The van der Waals surface area contributed by atoms with Gasteiger partial charge in [-0.3, -0.25) is 14.2 Å². The molecule has 0 aliphatic carbocycles. The Bertz CT molecular complexity index is 1140. The zero-order valence-corrected chi connectivity index (χ0v) is 15.4. The van der Waals surface area contributed by atoms with Gasteiger partial charge in [0.05, 0.1) is 23.5 Å². The number of aryl methyl sites for hydroxylation is 1. The number of halogens is 1. The first-order valence-corrected chi connectivity index (χ1v) is 8.84. The van der Waals surface area contributed by atoms with Crippen molar-refractivity contribution in [2.75, 3.05) is 0 Å². The molecular weight excluding hydrogens is 357 g/mol. The summed E-state index contributed by atoms with van der Waals surface area (Å²) in [6.07, 6.45) is 4.39. The Kier molecular flexibility index (Phi) is 4.57. The van der Waals surface area contributed by atoms with Crippen molar-refractivity contribution in [1.82, 2.24) is 24.9 Å². The molecule has 1 amide bonds. The van der Waals surface area contributed by atoms with Gasteiger partial charge in [-0.2, -0.15) is 0 Å². The first kappa shape index (κ1) is 17.8. The van der Waals surface area contributed by atoms with Crippen LogP contribution in [0.4, 0.5) is 4.39 Å². The highest BCUT2D eigenvalue weighted by Crippen LogP contribution is 2.25. The van der Waals surface area contributed by atoms with Crippen LogP contribution in [0.2, 0.25) is 0 Å². The fourth-order valence-electron chi connectivity index (χ4n) is 3.00. The first-order valence-electron chi connectivity index (χ1n) is 8.84. The van der Waals surface area contributed by atoms with Gasteiger partial charge in [0.25, 0.3) is 5.91 Å². The zero-order chi connectivity index (χ0) is 19.7. The van der Waals surface area contributed by atoms with Crippen LogP contribution in [-0.2, 0) is 0 Å². The van der Waals surface area contributed by atoms with Crippen LogP contribution >= 0.6 is 0 Å². The number of hydrogen-bond donors (Lipinski definition) is 1. The number of aromatic nitrogens is 4. The van der Waals surface area contributed by atoms with Crippen LogP contribution in [0, 0.1) is 12.7 Å². The number of pyridine rings is 2. The molecule has 0 unspecified atom stereocenters. The number of benzene rings is 1. The van der Waals surface area contributed by atoms with E-state index in [4.69, 9.17) is 0 Å². The second-order valence-corrected chi connectivity index (χ2v) is 6.67. The Morgan fingerprint density at radius 3 is 2.68 bits per heavy atom. The predicted molar refractivity (Wildman–Crippen MR) is 103 cm³/mol. The van der Waals surface area contributed by atoms with Gasteiger partial charge in [-0.25, -0.2) is 4.39 Å². The summed E-state index contributed by atoms with van der Waals surface area (Å²) in [6, 6.07) is 12.3. The van der Waals surface area contributed by atoms with E-state index < -0.39 is 5.82 Å². The normalized spacial score (nSPS) is 12.1. The Balaban J connectivity index is 1.67. The van der Waals surface area contributed by atoms with Crippen molar-refractivity contribution in [3.05, 3.63) is 83.8 Å². The lowest BCUT2D eigenvalue weighted by Crippen LogP contribution is -2.27. The summed E-state index contributed by atoms with van der Waals surface area (Å²) < 4.78 is 14.8. The van der Waals surface area contributed by atoms with Crippen molar-refractivity contribution in [2.45, 2.75) is 19.9 Å². The maximum atomic E-state index is 13.1. The number of rotatable bonds is 4. The van der Waals surface area contributed by atoms with Gasteiger partial charge in [0.15, 0.2) is 5.65 Å².